The fourth-order valence-electron chi connectivity index (χ4n) is 2.06. The molecule has 5 heteroatoms. The number of hydrogen-bond donors (Lipinski definition) is 1. The molecular weight excluding hydrogens is 212 g/mol. The van der Waals surface area contributed by atoms with Crippen molar-refractivity contribution in [3.05, 3.63) is 0 Å². The third kappa shape index (κ3) is 3.43. The summed E-state index contributed by atoms with van der Waals surface area (Å²) in [6.45, 7) is 6.22. The number of rotatable bonds is 5. The fourth-order valence-corrected chi connectivity index (χ4v) is 3.82. The summed E-state index contributed by atoms with van der Waals surface area (Å²) in [5.41, 5.74) is 0. The molecular formula is C10H22N2O2S. The Morgan fingerprint density at radius 1 is 1.33 bits per heavy atom. The Kier molecular flexibility index (Phi) is 5.02. The van der Waals surface area contributed by atoms with Gasteiger partial charge in [-0.05, 0) is 12.8 Å². The molecule has 0 radical (unpaired) electrons. The molecule has 1 aliphatic heterocycles. The lowest BCUT2D eigenvalue weighted by Crippen LogP contribution is -2.53. The molecule has 1 saturated heterocycles. The number of nitrogens with one attached hydrogen (secondary N) is 1. The Morgan fingerprint density at radius 3 is 2.67 bits per heavy atom. The molecule has 4 nitrogen and oxygen atoms in total. The second-order valence-corrected chi connectivity index (χ2v) is 6.11. The van der Waals surface area contributed by atoms with Crippen LogP contribution in [-0.4, -0.2) is 44.2 Å². The minimum absolute atomic E-state index is 0.167. The van der Waals surface area contributed by atoms with Crippen molar-refractivity contribution in [1.82, 2.24) is 9.62 Å². The van der Waals surface area contributed by atoms with Crippen LogP contribution in [0.2, 0.25) is 0 Å². The SMILES string of the molecule is CCCC1CNCCN1S(=O)(=O)CCC. The zero-order valence-electron chi connectivity index (χ0n) is 9.70. The summed E-state index contributed by atoms with van der Waals surface area (Å²) < 4.78 is 25.6. The predicted octanol–water partition coefficient (Wildman–Crippen LogP) is 0.800. The summed E-state index contributed by atoms with van der Waals surface area (Å²) in [5.74, 6) is 0.285. The molecule has 0 aromatic heterocycles. The molecule has 1 N–H and O–H groups in total. The van der Waals surface area contributed by atoms with Gasteiger partial charge in [0.1, 0.15) is 0 Å². The maximum atomic E-state index is 12.0. The zero-order valence-corrected chi connectivity index (χ0v) is 10.5. The maximum Gasteiger partial charge on any atom is 0.214 e. The Labute approximate surface area is 93.1 Å². The van der Waals surface area contributed by atoms with Gasteiger partial charge in [0.15, 0.2) is 0 Å². The van der Waals surface area contributed by atoms with E-state index in [1.165, 1.54) is 0 Å². The molecule has 1 heterocycles. The van der Waals surface area contributed by atoms with Crippen molar-refractivity contribution in [3.8, 4) is 0 Å². The van der Waals surface area contributed by atoms with E-state index in [0.717, 1.165) is 25.9 Å². The summed E-state index contributed by atoms with van der Waals surface area (Å²) in [6.07, 6.45) is 2.69. The second-order valence-electron chi connectivity index (χ2n) is 4.07. The third-order valence-corrected chi connectivity index (χ3v) is 4.86. The molecule has 0 aromatic carbocycles. The van der Waals surface area contributed by atoms with Crippen LogP contribution >= 0.6 is 0 Å². The quantitative estimate of drug-likeness (QED) is 0.765. The van der Waals surface area contributed by atoms with E-state index in [2.05, 4.69) is 12.2 Å². The Balaban J connectivity index is 2.70. The van der Waals surface area contributed by atoms with Gasteiger partial charge in [0, 0.05) is 25.7 Å². The predicted molar refractivity (Wildman–Crippen MR) is 62.3 cm³/mol. The van der Waals surface area contributed by atoms with Gasteiger partial charge >= 0.3 is 0 Å². The van der Waals surface area contributed by atoms with E-state index < -0.39 is 10.0 Å². The van der Waals surface area contributed by atoms with Crippen LogP contribution < -0.4 is 5.32 Å². The number of sulfonamides is 1. The average molecular weight is 234 g/mol. The minimum atomic E-state index is -3.01. The topological polar surface area (TPSA) is 49.4 Å². The van der Waals surface area contributed by atoms with Crippen molar-refractivity contribution in [2.24, 2.45) is 0 Å². The smallest absolute Gasteiger partial charge is 0.214 e. The molecule has 0 bridgehead atoms. The molecule has 1 atom stereocenters. The lowest BCUT2D eigenvalue weighted by atomic mass is 10.1. The van der Waals surface area contributed by atoms with Crippen LogP contribution in [0, 0.1) is 0 Å². The standard InChI is InChI=1S/C10H22N2O2S/c1-3-5-10-9-11-6-7-12(10)15(13,14)8-4-2/h10-11H,3-9H2,1-2H3. The van der Waals surface area contributed by atoms with Crippen LogP contribution in [0.25, 0.3) is 0 Å². The van der Waals surface area contributed by atoms with Crippen LogP contribution in [0.5, 0.6) is 0 Å². The largest absolute Gasteiger partial charge is 0.314 e. The third-order valence-electron chi connectivity index (χ3n) is 2.74. The molecule has 90 valence electrons. The van der Waals surface area contributed by atoms with E-state index in [4.69, 9.17) is 0 Å². The van der Waals surface area contributed by atoms with Crippen molar-refractivity contribution in [2.75, 3.05) is 25.4 Å². The first-order valence-corrected chi connectivity index (χ1v) is 7.43. The van der Waals surface area contributed by atoms with E-state index in [-0.39, 0.29) is 11.8 Å². The Bertz CT molecular complexity index is 275. The van der Waals surface area contributed by atoms with Gasteiger partial charge in [-0.1, -0.05) is 20.3 Å². The van der Waals surface area contributed by atoms with Crippen LogP contribution in [0.1, 0.15) is 33.1 Å². The van der Waals surface area contributed by atoms with Crippen molar-refractivity contribution < 1.29 is 8.42 Å². The van der Waals surface area contributed by atoms with E-state index in [1.807, 2.05) is 6.92 Å². The van der Waals surface area contributed by atoms with Crippen LogP contribution in [0.15, 0.2) is 0 Å². The van der Waals surface area contributed by atoms with Crippen molar-refractivity contribution in [3.63, 3.8) is 0 Å². The van der Waals surface area contributed by atoms with Gasteiger partial charge in [-0.2, -0.15) is 4.31 Å². The van der Waals surface area contributed by atoms with E-state index in [9.17, 15) is 8.42 Å². The molecule has 1 aliphatic rings. The summed E-state index contributed by atoms with van der Waals surface area (Å²) in [5, 5.41) is 3.26. The second kappa shape index (κ2) is 5.82. The van der Waals surface area contributed by atoms with Gasteiger partial charge in [-0.15, -0.1) is 0 Å². The summed E-state index contributed by atoms with van der Waals surface area (Å²) in [7, 11) is -3.01. The monoisotopic (exact) mass is 234 g/mol. The number of piperazine rings is 1. The lowest BCUT2D eigenvalue weighted by Gasteiger charge is -2.35. The van der Waals surface area contributed by atoms with Gasteiger partial charge in [-0.3, -0.25) is 0 Å². The fraction of sp³-hybridized carbons (Fsp3) is 1.00. The molecule has 0 aromatic rings. The molecule has 15 heavy (non-hydrogen) atoms. The van der Waals surface area contributed by atoms with Gasteiger partial charge in [0.05, 0.1) is 5.75 Å². The molecule has 0 saturated carbocycles. The number of nitrogens with zero attached hydrogens (tertiary/aromatic N) is 1. The van der Waals surface area contributed by atoms with Crippen LogP contribution in [-0.2, 0) is 10.0 Å². The van der Waals surface area contributed by atoms with Gasteiger partial charge in [0.2, 0.25) is 10.0 Å². The van der Waals surface area contributed by atoms with Crippen molar-refractivity contribution in [2.45, 2.75) is 39.2 Å². The highest BCUT2D eigenvalue weighted by atomic mass is 32.2. The first kappa shape index (κ1) is 12.9. The molecule has 1 rings (SSSR count). The Morgan fingerprint density at radius 2 is 2.07 bits per heavy atom. The molecule has 1 fully saturated rings. The minimum Gasteiger partial charge on any atom is -0.314 e. The highest BCUT2D eigenvalue weighted by molar-refractivity contribution is 7.89. The van der Waals surface area contributed by atoms with Gasteiger partial charge < -0.3 is 5.32 Å². The molecule has 1 unspecified atom stereocenters. The van der Waals surface area contributed by atoms with Gasteiger partial charge in [0.25, 0.3) is 0 Å². The summed E-state index contributed by atoms with van der Waals surface area (Å²) >= 11 is 0. The molecule has 0 aliphatic carbocycles. The molecule has 0 amide bonds. The summed E-state index contributed by atoms with van der Waals surface area (Å²) in [4.78, 5) is 0. The lowest BCUT2D eigenvalue weighted by molar-refractivity contribution is 0.254. The molecule has 0 spiro atoms. The Hall–Kier alpha value is -0.130. The van der Waals surface area contributed by atoms with E-state index in [1.54, 1.807) is 4.31 Å². The highest BCUT2D eigenvalue weighted by Crippen LogP contribution is 2.15. The normalized spacial score (nSPS) is 24.3. The van der Waals surface area contributed by atoms with E-state index in [0.29, 0.717) is 13.0 Å². The number of hydrogen-bond acceptors (Lipinski definition) is 3. The maximum absolute atomic E-state index is 12.0. The first-order valence-electron chi connectivity index (χ1n) is 5.82. The zero-order chi connectivity index (χ0) is 11.3. The highest BCUT2D eigenvalue weighted by Gasteiger charge is 2.30. The summed E-state index contributed by atoms with van der Waals surface area (Å²) in [6, 6.07) is 0.167. The van der Waals surface area contributed by atoms with E-state index >= 15 is 0 Å². The van der Waals surface area contributed by atoms with Crippen molar-refractivity contribution in [1.29, 1.82) is 0 Å². The first-order chi connectivity index (χ1) is 7.11. The van der Waals surface area contributed by atoms with Crippen molar-refractivity contribution >= 4 is 10.0 Å². The van der Waals surface area contributed by atoms with Gasteiger partial charge in [-0.25, -0.2) is 8.42 Å². The van der Waals surface area contributed by atoms with Crippen LogP contribution in [0.3, 0.4) is 0 Å². The average Bonchev–Trinajstić information content (AvgIpc) is 2.19. The van der Waals surface area contributed by atoms with Crippen LogP contribution in [0.4, 0.5) is 0 Å².